The number of likely N-dealkylation sites (tertiary alicyclic amines) is 1. The van der Waals surface area contributed by atoms with Gasteiger partial charge in [-0.15, -0.1) is 11.3 Å². The van der Waals surface area contributed by atoms with Gasteiger partial charge in [0.15, 0.2) is 0 Å². The minimum absolute atomic E-state index is 0.108. The molecule has 3 heterocycles. The van der Waals surface area contributed by atoms with Crippen molar-refractivity contribution in [3.05, 3.63) is 82.1 Å². The molecule has 2 aromatic carbocycles. The monoisotopic (exact) mass is 430 g/mol. The zero-order valence-corrected chi connectivity index (χ0v) is 18.7. The summed E-state index contributed by atoms with van der Waals surface area (Å²) in [5.74, 6) is 0.543. The number of aryl methyl sites for hydroxylation is 1. The van der Waals surface area contributed by atoms with Crippen molar-refractivity contribution < 1.29 is 4.79 Å². The fourth-order valence-electron chi connectivity index (χ4n) is 4.47. The second-order valence-electron chi connectivity index (χ2n) is 8.28. The van der Waals surface area contributed by atoms with Crippen LogP contribution in [0.4, 0.5) is 0 Å². The zero-order chi connectivity index (χ0) is 21.4. The van der Waals surface area contributed by atoms with E-state index in [9.17, 15) is 4.79 Å². The minimum atomic E-state index is 0.108. The topological polar surface area (TPSA) is 51.0 Å². The Morgan fingerprint density at radius 1 is 1.03 bits per heavy atom. The summed E-state index contributed by atoms with van der Waals surface area (Å²) in [5.41, 5.74) is 4.78. The van der Waals surface area contributed by atoms with E-state index in [1.807, 2.05) is 47.7 Å². The summed E-state index contributed by atoms with van der Waals surface area (Å²) in [4.78, 5) is 20.2. The second kappa shape index (κ2) is 8.27. The fraction of sp³-hybridized carbons (Fsp3) is 0.320. The standard InChI is InChI=1S/C25H26N4OS/c1-17-23(18(2)29(27-17)16-19-8-4-3-5-9-19)25(30)28-14-12-20(13-15-28)24-26-21-10-6-7-11-22(21)31-24/h3-11,20H,12-16H2,1-2H3. The number of carbonyl (C=O) groups excluding carboxylic acids is 1. The third-order valence-corrected chi connectivity index (χ3v) is 7.41. The Bertz CT molecular complexity index is 1190. The van der Waals surface area contributed by atoms with Crippen LogP contribution >= 0.6 is 11.3 Å². The summed E-state index contributed by atoms with van der Waals surface area (Å²) in [6, 6.07) is 18.6. The normalized spacial score (nSPS) is 15.0. The van der Waals surface area contributed by atoms with Gasteiger partial charge < -0.3 is 4.90 Å². The van der Waals surface area contributed by atoms with Crippen LogP contribution in [0.2, 0.25) is 0 Å². The average Bonchev–Trinajstić information content (AvgIpc) is 3.35. The van der Waals surface area contributed by atoms with E-state index in [1.165, 1.54) is 15.3 Å². The van der Waals surface area contributed by atoms with Crippen LogP contribution in [0.5, 0.6) is 0 Å². The van der Waals surface area contributed by atoms with Crippen LogP contribution < -0.4 is 0 Å². The quantitative estimate of drug-likeness (QED) is 0.448. The lowest BCUT2D eigenvalue weighted by atomic mass is 9.97. The number of aromatic nitrogens is 3. The van der Waals surface area contributed by atoms with Crippen molar-refractivity contribution in [2.24, 2.45) is 0 Å². The molecule has 0 spiro atoms. The molecule has 2 aromatic heterocycles. The molecule has 0 atom stereocenters. The molecular formula is C25H26N4OS. The summed E-state index contributed by atoms with van der Waals surface area (Å²) in [6.07, 6.45) is 1.92. The molecule has 1 aliphatic rings. The summed E-state index contributed by atoms with van der Waals surface area (Å²) in [5, 5.41) is 5.87. The van der Waals surface area contributed by atoms with E-state index in [4.69, 9.17) is 4.98 Å². The summed E-state index contributed by atoms with van der Waals surface area (Å²) >= 11 is 1.79. The molecule has 1 fully saturated rings. The average molecular weight is 431 g/mol. The molecule has 0 N–H and O–H groups in total. The number of nitrogens with zero attached hydrogens (tertiary/aromatic N) is 4. The van der Waals surface area contributed by atoms with E-state index < -0.39 is 0 Å². The van der Waals surface area contributed by atoms with Gasteiger partial charge >= 0.3 is 0 Å². The van der Waals surface area contributed by atoms with E-state index >= 15 is 0 Å². The molecule has 4 aromatic rings. The van der Waals surface area contributed by atoms with Crippen LogP contribution in [0.1, 0.15) is 51.1 Å². The van der Waals surface area contributed by atoms with Crippen molar-refractivity contribution in [1.29, 1.82) is 0 Å². The van der Waals surface area contributed by atoms with Crippen LogP contribution in [0.3, 0.4) is 0 Å². The molecule has 158 valence electrons. The Morgan fingerprint density at radius 2 is 1.74 bits per heavy atom. The fourth-order valence-corrected chi connectivity index (χ4v) is 5.61. The van der Waals surface area contributed by atoms with Gasteiger partial charge in [-0.1, -0.05) is 42.5 Å². The van der Waals surface area contributed by atoms with Gasteiger partial charge in [0.25, 0.3) is 5.91 Å². The van der Waals surface area contributed by atoms with Crippen LogP contribution in [0.25, 0.3) is 10.2 Å². The number of rotatable bonds is 4. The van der Waals surface area contributed by atoms with Crippen LogP contribution in [0.15, 0.2) is 54.6 Å². The third kappa shape index (κ3) is 3.88. The van der Waals surface area contributed by atoms with Crippen LogP contribution in [-0.4, -0.2) is 38.7 Å². The Morgan fingerprint density at radius 3 is 2.48 bits per heavy atom. The van der Waals surface area contributed by atoms with Crippen molar-refractivity contribution in [3.8, 4) is 0 Å². The maximum atomic E-state index is 13.4. The number of benzene rings is 2. The summed E-state index contributed by atoms with van der Waals surface area (Å²) in [6.45, 7) is 6.16. The summed E-state index contributed by atoms with van der Waals surface area (Å²) in [7, 11) is 0. The Hall–Kier alpha value is -2.99. The minimum Gasteiger partial charge on any atom is -0.338 e. The number of hydrogen-bond acceptors (Lipinski definition) is 4. The molecule has 1 aliphatic heterocycles. The molecule has 0 saturated carbocycles. The molecule has 1 amide bonds. The maximum absolute atomic E-state index is 13.4. The van der Waals surface area contributed by atoms with Crippen LogP contribution in [-0.2, 0) is 6.54 Å². The Balaban J connectivity index is 1.29. The number of carbonyl (C=O) groups is 1. The number of para-hydroxylation sites is 1. The van der Waals surface area contributed by atoms with Crippen LogP contribution in [0, 0.1) is 13.8 Å². The van der Waals surface area contributed by atoms with E-state index in [0.717, 1.165) is 48.4 Å². The first-order valence-electron chi connectivity index (χ1n) is 10.8. The first-order valence-corrected chi connectivity index (χ1v) is 11.6. The van der Waals surface area contributed by atoms with Gasteiger partial charge in [-0.05, 0) is 44.4 Å². The van der Waals surface area contributed by atoms with E-state index in [0.29, 0.717) is 12.5 Å². The molecule has 31 heavy (non-hydrogen) atoms. The zero-order valence-electron chi connectivity index (χ0n) is 17.9. The number of amides is 1. The van der Waals surface area contributed by atoms with E-state index in [2.05, 4.69) is 35.4 Å². The predicted molar refractivity (Wildman–Crippen MR) is 125 cm³/mol. The maximum Gasteiger partial charge on any atom is 0.257 e. The van der Waals surface area contributed by atoms with Gasteiger partial charge in [-0.2, -0.15) is 5.10 Å². The highest BCUT2D eigenvalue weighted by atomic mass is 32.1. The Kier molecular flexibility index (Phi) is 5.32. The summed E-state index contributed by atoms with van der Waals surface area (Å²) < 4.78 is 3.19. The number of fused-ring (bicyclic) bond motifs is 1. The van der Waals surface area contributed by atoms with E-state index in [1.54, 1.807) is 11.3 Å². The molecule has 0 unspecified atom stereocenters. The van der Waals surface area contributed by atoms with Gasteiger partial charge in [0.05, 0.1) is 33.0 Å². The molecule has 0 bridgehead atoms. The largest absolute Gasteiger partial charge is 0.338 e. The molecular weight excluding hydrogens is 404 g/mol. The SMILES string of the molecule is Cc1nn(Cc2ccccc2)c(C)c1C(=O)N1CCC(c2nc3ccccc3s2)CC1. The molecule has 0 aliphatic carbocycles. The van der Waals surface area contributed by atoms with Gasteiger partial charge in [0, 0.05) is 24.7 Å². The highest BCUT2D eigenvalue weighted by Gasteiger charge is 2.29. The first kappa shape index (κ1) is 19.9. The van der Waals surface area contributed by atoms with Gasteiger partial charge in [-0.25, -0.2) is 4.98 Å². The lowest BCUT2D eigenvalue weighted by Gasteiger charge is -2.31. The molecule has 5 nitrogen and oxygen atoms in total. The second-order valence-corrected chi connectivity index (χ2v) is 9.34. The highest BCUT2D eigenvalue weighted by Crippen LogP contribution is 2.34. The van der Waals surface area contributed by atoms with Gasteiger partial charge in [-0.3, -0.25) is 9.48 Å². The van der Waals surface area contributed by atoms with Gasteiger partial charge in [0.1, 0.15) is 0 Å². The number of thiazole rings is 1. The van der Waals surface area contributed by atoms with Crippen molar-refractivity contribution >= 4 is 27.5 Å². The van der Waals surface area contributed by atoms with Gasteiger partial charge in [0.2, 0.25) is 0 Å². The highest BCUT2D eigenvalue weighted by molar-refractivity contribution is 7.18. The van der Waals surface area contributed by atoms with Crippen molar-refractivity contribution in [2.75, 3.05) is 13.1 Å². The third-order valence-electron chi connectivity index (χ3n) is 6.21. The molecule has 5 rings (SSSR count). The number of hydrogen-bond donors (Lipinski definition) is 0. The predicted octanol–water partition coefficient (Wildman–Crippen LogP) is 5.18. The van der Waals surface area contributed by atoms with Crippen molar-refractivity contribution in [1.82, 2.24) is 19.7 Å². The molecule has 1 saturated heterocycles. The van der Waals surface area contributed by atoms with E-state index in [-0.39, 0.29) is 5.91 Å². The lowest BCUT2D eigenvalue weighted by Crippen LogP contribution is -2.38. The molecule has 6 heteroatoms. The Labute approximate surface area is 186 Å². The lowest BCUT2D eigenvalue weighted by molar-refractivity contribution is 0.0711. The van der Waals surface area contributed by atoms with Crippen molar-refractivity contribution in [2.45, 2.75) is 39.2 Å². The first-order chi connectivity index (χ1) is 15.1. The van der Waals surface area contributed by atoms with Crippen molar-refractivity contribution in [3.63, 3.8) is 0 Å². The number of piperidine rings is 1. The smallest absolute Gasteiger partial charge is 0.257 e. The molecule has 0 radical (unpaired) electrons.